The van der Waals surface area contributed by atoms with E-state index in [0.717, 1.165) is 12.8 Å². The predicted octanol–water partition coefficient (Wildman–Crippen LogP) is 0.445. The van der Waals surface area contributed by atoms with E-state index in [4.69, 9.17) is 5.73 Å². The SMILES string of the molecule is CCCS(=O)(=O)NCC1(CN)CCC1. The maximum absolute atomic E-state index is 11.4. The van der Waals surface area contributed by atoms with Crippen molar-refractivity contribution in [3.63, 3.8) is 0 Å². The first-order valence-electron chi connectivity index (χ1n) is 5.21. The third-order valence-corrected chi connectivity index (χ3v) is 4.52. The fourth-order valence-corrected chi connectivity index (χ4v) is 2.94. The molecule has 1 fully saturated rings. The third-order valence-electron chi connectivity index (χ3n) is 2.99. The standard InChI is InChI=1S/C9H20N2O2S/c1-2-6-14(12,13)11-8-9(7-10)4-3-5-9/h11H,2-8,10H2,1H3. The van der Waals surface area contributed by atoms with Gasteiger partial charge in [-0.25, -0.2) is 13.1 Å². The van der Waals surface area contributed by atoms with E-state index in [-0.39, 0.29) is 11.2 Å². The van der Waals surface area contributed by atoms with Crippen LogP contribution in [0.15, 0.2) is 0 Å². The van der Waals surface area contributed by atoms with Crippen LogP contribution in [-0.2, 0) is 10.0 Å². The summed E-state index contributed by atoms with van der Waals surface area (Å²) < 4.78 is 25.4. The molecule has 0 saturated heterocycles. The molecule has 1 aliphatic carbocycles. The molecule has 0 atom stereocenters. The summed E-state index contributed by atoms with van der Waals surface area (Å²) >= 11 is 0. The second-order valence-corrected chi connectivity index (χ2v) is 6.12. The Kier molecular flexibility index (Phi) is 3.92. The Morgan fingerprint density at radius 1 is 1.43 bits per heavy atom. The molecular weight excluding hydrogens is 200 g/mol. The van der Waals surface area contributed by atoms with Crippen molar-refractivity contribution in [3.8, 4) is 0 Å². The van der Waals surface area contributed by atoms with Crippen molar-refractivity contribution in [2.75, 3.05) is 18.8 Å². The molecule has 14 heavy (non-hydrogen) atoms. The minimum atomic E-state index is -3.06. The molecule has 0 radical (unpaired) electrons. The summed E-state index contributed by atoms with van der Waals surface area (Å²) in [5.41, 5.74) is 5.69. The Morgan fingerprint density at radius 3 is 2.43 bits per heavy atom. The maximum atomic E-state index is 11.4. The van der Waals surface area contributed by atoms with Crippen LogP contribution >= 0.6 is 0 Å². The summed E-state index contributed by atoms with van der Waals surface area (Å²) in [7, 11) is -3.06. The first-order valence-corrected chi connectivity index (χ1v) is 6.86. The molecule has 0 amide bonds. The van der Waals surface area contributed by atoms with Crippen molar-refractivity contribution < 1.29 is 8.42 Å². The van der Waals surface area contributed by atoms with E-state index >= 15 is 0 Å². The summed E-state index contributed by atoms with van der Waals surface area (Å²) in [6.07, 6.45) is 3.94. The van der Waals surface area contributed by atoms with Gasteiger partial charge in [-0.05, 0) is 31.2 Å². The highest BCUT2D eigenvalue weighted by Crippen LogP contribution is 2.39. The van der Waals surface area contributed by atoms with Gasteiger partial charge in [-0.15, -0.1) is 0 Å². The van der Waals surface area contributed by atoms with E-state index < -0.39 is 10.0 Å². The second kappa shape index (κ2) is 4.59. The molecule has 1 saturated carbocycles. The first kappa shape index (κ1) is 11.9. The first-order chi connectivity index (χ1) is 6.54. The molecule has 0 unspecified atom stereocenters. The summed E-state index contributed by atoms with van der Waals surface area (Å²) in [6.45, 7) is 2.97. The molecule has 0 bridgehead atoms. The molecule has 1 rings (SSSR count). The summed E-state index contributed by atoms with van der Waals surface area (Å²) in [5.74, 6) is 0.216. The van der Waals surface area contributed by atoms with Crippen molar-refractivity contribution in [3.05, 3.63) is 0 Å². The van der Waals surface area contributed by atoms with Crippen LogP contribution < -0.4 is 10.5 Å². The van der Waals surface area contributed by atoms with Gasteiger partial charge in [-0.2, -0.15) is 0 Å². The third kappa shape index (κ3) is 2.93. The zero-order chi connectivity index (χ0) is 10.7. The molecule has 3 N–H and O–H groups in total. The quantitative estimate of drug-likeness (QED) is 0.682. The second-order valence-electron chi connectivity index (χ2n) is 4.20. The van der Waals surface area contributed by atoms with Crippen LogP contribution in [-0.4, -0.2) is 27.3 Å². The molecule has 1 aliphatic rings. The molecule has 0 aromatic rings. The van der Waals surface area contributed by atoms with Crippen molar-refractivity contribution in [1.29, 1.82) is 0 Å². The van der Waals surface area contributed by atoms with E-state index in [1.165, 1.54) is 6.42 Å². The van der Waals surface area contributed by atoms with Crippen molar-refractivity contribution in [1.82, 2.24) is 4.72 Å². The number of rotatable bonds is 6. The molecule has 4 nitrogen and oxygen atoms in total. The summed E-state index contributed by atoms with van der Waals surface area (Å²) in [6, 6.07) is 0. The Morgan fingerprint density at radius 2 is 2.07 bits per heavy atom. The Labute approximate surface area is 86.3 Å². The topological polar surface area (TPSA) is 72.2 Å². The highest BCUT2D eigenvalue weighted by atomic mass is 32.2. The number of nitrogens with one attached hydrogen (secondary N) is 1. The van der Waals surface area contributed by atoms with Gasteiger partial charge in [0.05, 0.1) is 5.75 Å². The zero-order valence-electron chi connectivity index (χ0n) is 8.75. The lowest BCUT2D eigenvalue weighted by atomic mass is 9.69. The van der Waals surface area contributed by atoms with Crippen molar-refractivity contribution in [2.45, 2.75) is 32.6 Å². The Balaban J connectivity index is 2.39. The minimum absolute atomic E-state index is 0.0564. The fourth-order valence-electron chi connectivity index (χ4n) is 1.73. The lowest BCUT2D eigenvalue weighted by molar-refractivity contribution is 0.150. The van der Waals surface area contributed by atoms with Crippen LogP contribution in [0, 0.1) is 5.41 Å². The molecule has 84 valence electrons. The molecule has 0 aliphatic heterocycles. The van der Waals surface area contributed by atoms with E-state index in [1.54, 1.807) is 0 Å². The van der Waals surface area contributed by atoms with Gasteiger partial charge in [0.1, 0.15) is 0 Å². The predicted molar refractivity (Wildman–Crippen MR) is 57.4 cm³/mol. The molecule has 0 aromatic heterocycles. The van der Waals surface area contributed by atoms with Gasteiger partial charge in [0.25, 0.3) is 0 Å². The number of hydrogen-bond donors (Lipinski definition) is 2. The fraction of sp³-hybridized carbons (Fsp3) is 1.00. The minimum Gasteiger partial charge on any atom is -0.330 e. The molecular formula is C9H20N2O2S. The molecule has 0 heterocycles. The van der Waals surface area contributed by atoms with Crippen LogP contribution in [0.3, 0.4) is 0 Å². The van der Waals surface area contributed by atoms with Gasteiger partial charge in [-0.3, -0.25) is 0 Å². The average molecular weight is 220 g/mol. The molecule has 0 spiro atoms. The van der Waals surface area contributed by atoms with E-state index in [9.17, 15) is 8.42 Å². The molecule has 0 aromatic carbocycles. The molecule has 5 heteroatoms. The maximum Gasteiger partial charge on any atom is 0.211 e. The van der Waals surface area contributed by atoms with Crippen LogP contribution in [0.1, 0.15) is 32.6 Å². The number of sulfonamides is 1. The summed E-state index contributed by atoms with van der Waals surface area (Å²) in [5, 5.41) is 0. The Hall–Kier alpha value is -0.130. The lowest BCUT2D eigenvalue weighted by Crippen LogP contribution is -2.47. The summed E-state index contributed by atoms with van der Waals surface area (Å²) in [4.78, 5) is 0. The van der Waals surface area contributed by atoms with Crippen LogP contribution in [0.25, 0.3) is 0 Å². The average Bonchev–Trinajstić information content (AvgIpc) is 2.03. The number of nitrogens with two attached hydrogens (primary N) is 1. The number of hydrogen-bond acceptors (Lipinski definition) is 3. The van der Waals surface area contributed by atoms with Gasteiger partial charge in [0.2, 0.25) is 10.0 Å². The van der Waals surface area contributed by atoms with Crippen molar-refractivity contribution >= 4 is 10.0 Å². The zero-order valence-corrected chi connectivity index (χ0v) is 9.57. The monoisotopic (exact) mass is 220 g/mol. The smallest absolute Gasteiger partial charge is 0.211 e. The highest BCUT2D eigenvalue weighted by molar-refractivity contribution is 7.89. The van der Waals surface area contributed by atoms with Crippen molar-refractivity contribution in [2.24, 2.45) is 11.1 Å². The Bertz CT molecular complexity index is 265. The lowest BCUT2D eigenvalue weighted by Gasteiger charge is -2.40. The van der Waals surface area contributed by atoms with Gasteiger partial charge in [0.15, 0.2) is 0 Å². The van der Waals surface area contributed by atoms with Gasteiger partial charge >= 0.3 is 0 Å². The highest BCUT2D eigenvalue weighted by Gasteiger charge is 2.36. The van der Waals surface area contributed by atoms with Crippen LogP contribution in [0.4, 0.5) is 0 Å². The van der Waals surface area contributed by atoms with E-state index in [0.29, 0.717) is 19.5 Å². The van der Waals surface area contributed by atoms with E-state index in [2.05, 4.69) is 4.72 Å². The van der Waals surface area contributed by atoms with Gasteiger partial charge in [0, 0.05) is 6.54 Å². The van der Waals surface area contributed by atoms with Crippen LogP contribution in [0.2, 0.25) is 0 Å². The van der Waals surface area contributed by atoms with Gasteiger partial charge in [-0.1, -0.05) is 13.3 Å². The van der Waals surface area contributed by atoms with Crippen LogP contribution in [0.5, 0.6) is 0 Å². The largest absolute Gasteiger partial charge is 0.330 e. The normalized spacial score (nSPS) is 20.4. The van der Waals surface area contributed by atoms with E-state index in [1.807, 2.05) is 6.92 Å². The van der Waals surface area contributed by atoms with Gasteiger partial charge < -0.3 is 5.73 Å².